The summed E-state index contributed by atoms with van der Waals surface area (Å²) in [6.45, 7) is 5.57. The van der Waals surface area contributed by atoms with Gasteiger partial charge in [-0.25, -0.2) is 0 Å². The van der Waals surface area contributed by atoms with E-state index in [0.29, 0.717) is 5.11 Å². The topological polar surface area (TPSA) is 56.8 Å². The van der Waals surface area contributed by atoms with Gasteiger partial charge in [0.15, 0.2) is 5.11 Å². The number of ether oxygens (including phenoxy) is 1. The summed E-state index contributed by atoms with van der Waals surface area (Å²) in [4.78, 5) is 16.4. The molecule has 0 spiro atoms. The van der Waals surface area contributed by atoms with Gasteiger partial charge in [0.1, 0.15) is 0 Å². The molecule has 29 heavy (non-hydrogen) atoms. The SMILES string of the molecule is CCc1cccc(NC(=S)N(C)CC(=O)Nc2ccc(N3CCOCC3)cc2)c1. The lowest BCUT2D eigenvalue weighted by Gasteiger charge is -2.29. The van der Waals surface area contributed by atoms with E-state index in [4.69, 9.17) is 17.0 Å². The van der Waals surface area contributed by atoms with Crippen molar-refractivity contribution in [3.8, 4) is 0 Å². The number of nitrogens with one attached hydrogen (secondary N) is 2. The summed E-state index contributed by atoms with van der Waals surface area (Å²) >= 11 is 5.43. The summed E-state index contributed by atoms with van der Waals surface area (Å²) in [6, 6.07) is 16.0. The molecular formula is C22H28N4O2S. The first-order valence-electron chi connectivity index (χ1n) is 9.89. The zero-order valence-electron chi connectivity index (χ0n) is 17.0. The van der Waals surface area contributed by atoms with Crippen LogP contribution in [0.15, 0.2) is 48.5 Å². The molecule has 0 aliphatic carbocycles. The number of hydrogen-bond donors (Lipinski definition) is 2. The second-order valence-corrected chi connectivity index (χ2v) is 7.42. The van der Waals surface area contributed by atoms with Gasteiger partial charge in [-0.05, 0) is 60.6 Å². The second-order valence-electron chi connectivity index (χ2n) is 7.03. The first-order valence-corrected chi connectivity index (χ1v) is 10.3. The lowest BCUT2D eigenvalue weighted by Crippen LogP contribution is -2.37. The molecule has 1 fully saturated rings. The summed E-state index contributed by atoms with van der Waals surface area (Å²) in [7, 11) is 1.81. The van der Waals surface area contributed by atoms with E-state index < -0.39 is 0 Å². The molecule has 1 amide bonds. The predicted molar refractivity (Wildman–Crippen MR) is 123 cm³/mol. The Balaban J connectivity index is 1.49. The predicted octanol–water partition coefficient (Wildman–Crippen LogP) is 3.35. The van der Waals surface area contributed by atoms with Gasteiger partial charge >= 0.3 is 0 Å². The van der Waals surface area contributed by atoms with Crippen LogP contribution in [0.5, 0.6) is 0 Å². The summed E-state index contributed by atoms with van der Waals surface area (Å²) in [6.07, 6.45) is 0.963. The van der Waals surface area contributed by atoms with Crippen LogP contribution in [0.4, 0.5) is 17.1 Å². The van der Waals surface area contributed by atoms with Crippen LogP contribution in [0.3, 0.4) is 0 Å². The average Bonchev–Trinajstić information content (AvgIpc) is 2.75. The quantitative estimate of drug-likeness (QED) is 0.710. The highest BCUT2D eigenvalue weighted by Crippen LogP contribution is 2.19. The molecule has 0 bridgehead atoms. The normalized spacial score (nSPS) is 13.7. The highest BCUT2D eigenvalue weighted by Gasteiger charge is 2.13. The van der Waals surface area contributed by atoms with Crippen LogP contribution in [0.2, 0.25) is 0 Å². The monoisotopic (exact) mass is 412 g/mol. The van der Waals surface area contributed by atoms with Crippen molar-refractivity contribution in [2.45, 2.75) is 13.3 Å². The van der Waals surface area contributed by atoms with E-state index in [0.717, 1.165) is 49.8 Å². The van der Waals surface area contributed by atoms with E-state index in [1.54, 1.807) is 11.9 Å². The van der Waals surface area contributed by atoms with Crippen LogP contribution in [-0.4, -0.2) is 55.8 Å². The van der Waals surface area contributed by atoms with Crippen molar-refractivity contribution < 1.29 is 9.53 Å². The molecule has 1 saturated heterocycles. The Bertz CT molecular complexity index is 835. The summed E-state index contributed by atoms with van der Waals surface area (Å²) in [5.74, 6) is -0.113. The maximum atomic E-state index is 12.4. The first kappa shape index (κ1) is 21.1. The molecule has 2 aromatic rings. The molecule has 0 unspecified atom stereocenters. The van der Waals surface area contributed by atoms with Crippen molar-refractivity contribution in [1.82, 2.24) is 4.90 Å². The van der Waals surface area contributed by atoms with Crippen LogP contribution < -0.4 is 15.5 Å². The van der Waals surface area contributed by atoms with Gasteiger partial charge in [-0.3, -0.25) is 4.79 Å². The van der Waals surface area contributed by atoms with Crippen LogP contribution in [0.25, 0.3) is 0 Å². The van der Waals surface area contributed by atoms with Crippen LogP contribution in [-0.2, 0) is 16.0 Å². The van der Waals surface area contributed by atoms with Gasteiger partial charge in [0.2, 0.25) is 5.91 Å². The zero-order valence-corrected chi connectivity index (χ0v) is 17.8. The number of carbonyl (C=O) groups is 1. The molecule has 0 saturated carbocycles. The fraction of sp³-hybridized carbons (Fsp3) is 0.364. The highest BCUT2D eigenvalue weighted by molar-refractivity contribution is 7.80. The maximum absolute atomic E-state index is 12.4. The van der Waals surface area contributed by atoms with E-state index in [-0.39, 0.29) is 12.5 Å². The summed E-state index contributed by atoms with van der Waals surface area (Å²) in [5.41, 5.74) is 4.08. The molecular weight excluding hydrogens is 384 g/mol. The Labute approximate surface area is 177 Å². The van der Waals surface area contributed by atoms with Gasteiger partial charge < -0.3 is 25.2 Å². The van der Waals surface area contributed by atoms with E-state index in [1.807, 2.05) is 36.4 Å². The van der Waals surface area contributed by atoms with Crippen molar-refractivity contribution in [1.29, 1.82) is 0 Å². The minimum absolute atomic E-state index is 0.113. The average molecular weight is 413 g/mol. The fourth-order valence-corrected chi connectivity index (χ4v) is 3.34. The number of carbonyl (C=O) groups excluding carboxylic acids is 1. The molecule has 154 valence electrons. The number of amides is 1. The number of likely N-dealkylation sites (N-methyl/N-ethyl adjacent to an activating group) is 1. The number of nitrogens with zero attached hydrogens (tertiary/aromatic N) is 2. The van der Waals surface area contributed by atoms with Gasteiger partial charge in [-0.1, -0.05) is 19.1 Å². The van der Waals surface area contributed by atoms with Crippen molar-refractivity contribution in [3.05, 3.63) is 54.1 Å². The van der Waals surface area contributed by atoms with Crippen LogP contribution in [0, 0.1) is 0 Å². The third-order valence-electron chi connectivity index (χ3n) is 4.84. The number of thiocarbonyl (C=S) groups is 1. The zero-order chi connectivity index (χ0) is 20.6. The molecule has 3 rings (SSSR count). The van der Waals surface area contributed by atoms with Crippen molar-refractivity contribution in [2.75, 3.05) is 55.4 Å². The Morgan fingerprint density at radius 2 is 1.83 bits per heavy atom. The molecule has 0 radical (unpaired) electrons. The summed E-state index contributed by atoms with van der Waals surface area (Å²) in [5, 5.41) is 6.63. The highest BCUT2D eigenvalue weighted by atomic mass is 32.1. The number of hydrogen-bond acceptors (Lipinski definition) is 4. The van der Waals surface area contributed by atoms with Crippen molar-refractivity contribution >= 4 is 40.3 Å². The van der Waals surface area contributed by atoms with E-state index in [9.17, 15) is 4.79 Å². The number of aryl methyl sites for hydroxylation is 1. The Morgan fingerprint density at radius 1 is 1.10 bits per heavy atom. The number of morpholine rings is 1. The van der Waals surface area contributed by atoms with E-state index in [2.05, 4.69) is 34.6 Å². The Morgan fingerprint density at radius 3 is 2.52 bits per heavy atom. The maximum Gasteiger partial charge on any atom is 0.243 e. The molecule has 1 aliphatic rings. The molecule has 1 aliphatic heterocycles. The first-order chi connectivity index (χ1) is 14.0. The lowest BCUT2D eigenvalue weighted by atomic mass is 10.1. The third-order valence-corrected chi connectivity index (χ3v) is 5.26. The van der Waals surface area contributed by atoms with E-state index in [1.165, 1.54) is 5.56 Å². The van der Waals surface area contributed by atoms with Crippen molar-refractivity contribution in [2.24, 2.45) is 0 Å². The summed E-state index contributed by atoms with van der Waals surface area (Å²) < 4.78 is 5.38. The van der Waals surface area contributed by atoms with Gasteiger partial charge in [-0.2, -0.15) is 0 Å². The van der Waals surface area contributed by atoms with Gasteiger partial charge in [-0.15, -0.1) is 0 Å². The van der Waals surface area contributed by atoms with Crippen molar-refractivity contribution in [3.63, 3.8) is 0 Å². The van der Waals surface area contributed by atoms with E-state index >= 15 is 0 Å². The number of benzene rings is 2. The molecule has 2 N–H and O–H groups in total. The molecule has 0 atom stereocenters. The van der Waals surface area contributed by atoms with Crippen LogP contribution >= 0.6 is 12.2 Å². The molecule has 1 heterocycles. The Hall–Kier alpha value is -2.64. The minimum Gasteiger partial charge on any atom is -0.378 e. The van der Waals surface area contributed by atoms with Gasteiger partial charge in [0, 0.05) is 37.2 Å². The molecule has 6 nitrogen and oxygen atoms in total. The minimum atomic E-state index is -0.113. The lowest BCUT2D eigenvalue weighted by molar-refractivity contribution is -0.116. The van der Waals surface area contributed by atoms with Gasteiger partial charge in [0.25, 0.3) is 0 Å². The largest absolute Gasteiger partial charge is 0.378 e. The smallest absolute Gasteiger partial charge is 0.243 e. The Kier molecular flexibility index (Phi) is 7.43. The molecule has 2 aromatic carbocycles. The van der Waals surface area contributed by atoms with Gasteiger partial charge in [0.05, 0.1) is 19.8 Å². The second kappa shape index (κ2) is 10.2. The standard InChI is InChI=1S/C22H28N4O2S/c1-3-17-5-4-6-19(15-17)24-22(29)25(2)16-21(27)23-18-7-9-20(10-8-18)26-11-13-28-14-12-26/h4-10,15H,3,11-14,16H2,1-2H3,(H,23,27)(H,24,29). The molecule has 0 aromatic heterocycles. The fourth-order valence-electron chi connectivity index (χ4n) is 3.15. The number of rotatable bonds is 6. The third kappa shape index (κ3) is 6.17. The number of anilines is 3. The molecule has 7 heteroatoms. The van der Waals surface area contributed by atoms with Crippen LogP contribution in [0.1, 0.15) is 12.5 Å².